The van der Waals surface area contributed by atoms with Crippen molar-refractivity contribution in [3.63, 3.8) is 0 Å². The highest BCUT2D eigenvalue weighted by atomic mass is 32.2. The van der Waals surface area contributed by atoms with E-state index < -0.39 is 31.9 Å². The van der Waals surface area contributed by atoms with Crippen LogP contribution in [0.15, 0.2) is 57.6 Å². The van der Waals surface area contributed by atoms with Crippen molar-refractivity contribution in [3.05, 3.63) is 42.5 Å². The number of nitrogens with zero attached hydrogens (tertiary/aromatic N) is 2. The second-order valence-electron chi connectivity index (χ2n) is 6.17. The number of rotatable bonds is 13. The van der Waals surface area contributed by atoms with Gasteiger partial charge >= 0.3 is 6.03 Å². The van der Waals surface area contributed by atoms with Crippen LogP contribution >= 0.6 is 12.3 Å². The van der Waals surface area contributed by atoms with Gasteiger partial charge in [0.25, 0.3) is 10.1 Å². The molecule has 0 aromatic heterocycles. The summed E-state index contributed by atoms with van der Waals surface area (Å²) in [5.74, 6) is -1.12. The molecule has 2 rings (SSSR count). The first-order valence-electron chi connectivity index (χ1n) is 8.90. The fourth-order valence-electron chi connectivity index (χ4n) is 2.30. The van der Waals surface area contributed by atoms with Gasteiger partial charge in [-0.3, -0.25) is 8.74 Å². The smallest absolute Gasteiger partial charge is 0.316 e. The number of nitrogens with two attached hydrogens (primary N) is 1. The Hall–Kier alpha value is -2.84. The molecular formula is C16H19N5O10S3. The van der Waals surface area contributed by atoms with Crippen molar-refractivity contribution in [3.8, 4) is 0 Å². The number of sulfone groups is 1. The van der Waals surface area contributed by atoms with Crippen LogP contribution in [0, 0.1) is 0 Å². The number of urea groups is 1. The van der Waals surface area contributed by atoms with E-state index in [-0.39, 0.29) is 52.3 Å². The predicted octanol–water partition coefficient (Wildman–Crippen LogP) is 2.62. The predicted molar refractivity (Wildman–Crippen MR) is 121 cm³/mol. The van der Waals surface area contributed by atoms with E-state index in [0.717, 1.165) is 0 Å². The number of hydrogen-bond donors (Lipinski definition) is 5. The molecule has 34 heavy (non-hydrogen) atoms. The van der Waals surface area contributed by atoms with Crippen molar-refractivity contribution in [2.75, 3.05) is 28.9 Å². The SMILES string of the molecule is NC(=O)Nc1cc(NCS(=O)(=O)O)ccc1/N=N/c1ccc(S(=O)(=O)CCOSOOO)cc1. The van der Waals surface area contributed by atoms with Crippen molar-refractivity contribution >= 4 is 61.1 Å². The molecule has 0 bridgehead atoms. The highest BCUT2D eigenvalue weighted by Crippen LogP contribution is 2.30. The minimum atomic E-state index is -4.27. The van der Waals surface area contributed by atoms with Gasteiger partial charge in [-0.15, -0.1) is 9.45 Å². The largest absolute Gasteiger partial charge is 0.370 e. The summed E-state index contributed by atoms with van der Waals surface area (Å²) in [7, 11) is -7.94. The number of azo groups is 1. The van der Waals surface area contributed by atoms with Gasteiger partial charge < -0.3 is 16.4 Å². The van der Waals surface area contributed by atoms with Crippen LogP contribution in [-0.2, 0) is 33.5 Å². The summed E-state index contributed by atoms with van der Waals surface area (Å²) in [4.78, 5) is 11.3. The van der Waals surface area contributed by atoms with Gasteiger partial charge in [-0.25, -0.2) is 18.5 Å². The topological polar surface area (TPSA) is 228 Å². The molecule has 15 nitrogen and oxygen atoms in total. The fourth-order valence-corrected chi connectivity index (χ4v) is 4.06. The van der Waals surface area contributed by atoms with Crippen molar-refractivity contribution < 1.29 is 45.0 Å². The lowest BCUT2D eigenvalue weighted by Gasteiger charge is -2.09. The van der Waals surface area contributed by atoms with E-state index in [4.69, 9.17) is 19.7 Å². The number of anilines is 2. The van der Waals surface area contributed by atoms with Crippen LogP contribution in [0.3, 0.4) is 0 Å². The Bertz CT molecular complexity index is 1220. The van der Waals surface area contributed by atoms with Crippen molar-refractivity contribution in [2.45, 2.75) is 4.90 Å². The molecule has 0 aliphatic carbocycles. The Morgan fingerprint density at radius 2 is 1.79 bits per heavy atom. The maximum Gasteiger partial charge on any atom is 0.316 e. The fraction of sp³-hybridized carbons (Fsp3) is 0.188. The van der Waals surface area contributed by atoms with E-state index in [9.17, 15) is 21.6 Å². The number of nitrogens with one attached hydrogen (secondary N) is 2. The molecule has 0 radical (unpaired) electrons. The first kappa shape index (κ1) is 27.4. The van der Waals surface area contributed by atoms with Gasteiger partial charge in [0.15, 0.2) is 22.2 Å². The van der Waals surface area contributed by atoms with Crippen LogP contribution in [0.4, 0.5) is 27.5 Å². The molecule has 0 heterocycles. The number of carbonyl (C=O) groups excluding carboxylic acids is 1. The van der Waals surface area contributed by atoms with Crippen LogP contribution in [0.1, 0.15) is 0 Å². The Morgan fingerprint density at radius 1 is 1.09 bits per heavy atom. The molecule has 0 aliphatic rings. The molecule has 0 saturated heterocycles. The number of primary amides is 1. The zero-order valence-corrected chi connectivity index (χ0v) is 19.5. The van der Waals surface area contributed by atoms with Gasteiger partial charge in [-0.05, 0) is 42.5 Å². The quantitative estimate of drug-likeness (QED) is 0.0620. The number of hydrogen-bond acceptors (Lipinski definition) is 13. The molecule has 2 aromatic rings. The number of carbonyl (C=O) groups is 1. The highest BCUT2D eigenvalue weighted by molar-refractivity contribution is 7.91. The number of benzene rings is 2. The maximum absolute atomic E-state index is 12.3. The van der Waals surface area contributed by atoms with Gasteiger partial charge in [0.1, 0.15) is 11.6 Å². The van der Waals surface area contributed by atoms with Crippen LogP contribution in [0.25, 0.3) is 0 Å². The summed E-state index contributed by atoms with van der Waals surface area (Å²) in [6, 6.07) is 8.69. The average molecular weight is 538 g/mol. The van der Waals surface area contributed by atoms with Gasteiger partial charge in [0, 0.05) is 5.69 Å². The summed E-state index contributed by atoms with van der Waals surface area (Å²) in [5, 5.41) is 24.0. The second-order valence-corrected chi connectivity index (χ2v) is 10.2. The van der Waals surface area contributed by atoms with E-state index in [1.807, 2.05) is 0 Å². The minimum absolute atomic E-state index is 0.00437. The van der Waals surface area contributed by atoms with Gasteiger partial charge in [-0.1, -0.05) is 5.04 Å². The third-order valence-electron chi connectivity index (χ3n) is 3.72. The standard InChI is InChI=1S/C16H19N5O10S3/c17-16(22)19-15-9-12(18-10-34(26,27)28)3-6-14(15)21-20-11-1-4-13(5-2-11)33(24,25)8-7-29-32-31-30-23/h1-6,9,18,23H,7-8,10H2,(H3,17,19,22)(H,26,27,28)/b21-20+. The molecule has 0 unspecified atom stereocenters. The zero-order valence-electron chi connectivity index (χ0n) is 17.0. The van der Waals surface area contributed by atoms with E-state index >= 15 is 0 Å². The lowest BCUT2D eigenvalue weighted by Crippen LogP contribution is -2.19. The van der Waals surface area contributed by atoms with Crippen molar-refractivity contribution in [1.82, 2.24) is 0 Å². The molecule has 6 N–H and O–H groups in total. The van der Waals surface area contributed by atoms with E-state index in [1.165, 1.54) is 42.5 Å². The normalized spacial score (nSPS) is 12.1. The zero-order chi connectivity index (χ0) is 25.2. The molecule has 18 heteroatoms. The van der Waals surface area contributed by atoms with Gasteiger partial charge in [0.2, 0.25) is 0 Å². The van der Waals surface area contributed by atoms with E-state index in [0.29, 0.717) is 0 Å². The first-order chi connectivity index (χ1) is 16.0. The number of amides is 2. The molecule has 2 amide bonds. The Balaban J connectivity index is 2.12. The summed E-state index contributed by atoms with van der Waals surface area (Å²) < 4.78 is 63.8. The summed E-state index contributed by atoms with van der Waals surface area (Å²) in [6.45, 7) is -0.234. The highest BCUT2D eigenvalue weighted by Gasteiger charge is 2.15. The second kappa shape index (κ2) is 12.6. The summed E-state index contributed by atoms with van der Waals surface area (Å²) in [6.07, 6.45) is 0. The molecular weight excluding hydrogens is 518 g/mol. The summed E-state index contributed by atoms with van der Waals surface area (Å²) in [5.41, 5.74) is 5.94. The van der Waals surface area contributed by atoms with Crippen LogP contribution in [0.2, 0.25) is 0 Å². The molecule has 0 fully saturated rings. The molecule has 186 valence electrons. The Labute approximate surface area is 198 Å². The monoisotopic (exact) mass is 537 g/mol. The van der Waals surface area contributed by atoms with Gasteiger partial charge in [-0.2, -0.15) is 13.5 Å². The lowest BCUT2D eigenvalue weighted by atomic mass is 10.2. The molecule has 0 saturated carbocycles. The Morgan fingerprint density at radius 3 is 2.41 bits per heavy atom. The summed E-state index contributed by atoms with van der Waals surface area (Å²) >= 11 is 0.265. The van der Waals surface area contributed by atoms with E-state index in [1.54, 1.807) is 0 Å². The third-order valence-corrected chi connectivity index (χ3v) is 6.31. The van der Waals surface area contributed by atoms with Crippen molar-refractivity contribution in [2.24, 2.45) is 16.0 Å². The first-order valence-corrected chi connectivity index (χ1v) is 12.8. The molecule has 0 spiro atoms. The molecule has 0 aliphatic heterocycles. The van der Waals surface area contributed by atoms with E-state index in [2.05, 4.69) is 30.2 Å². The average Bonchev–Trinajstić information content (AvgIpc) is 2.76. The van der Waals surface area contributed by atoms with Gasteiger partial charge in [0.05, 0.1) is 28.6 Å². The minimum Gasteiger partial charge on any atom is -0.370 e. The lowest BCUT2D eigenvalue weighted by molar-refractivity contribution is -0.434. The van der Waals surface area contributed by atoms with Crippen LogP contribution in [0.5, 0.6) is 0 Å². The molecule has 0 atom stereocenters. The molecule has 2 aromatic carbocycles. The van der Waals surface area contributed by atoms with Crippen LogP contribution < -0.4 is 16.4 Å². The van der Waals surface area contributed by atoms with Crippen molar-refractivity contribution in [1.29, 1.82) is 0 Å². The third kappa shape index (κ3) is 9.57. The van der Waals surface area contributed by atoms with Crippen LogP contribution in [-0.4, -0.2) is 50.9 Å². The Kier molecular flexibility index (Phi) is 10.1. The maximum atomic E-state index is 12.3.